The second-order valence-electron chi connectivity index (χ2n) is 5.72. The summed E-state index contributed by atoms with van der Waals surface area (Å²) < 4.78 is 26.8. The van der Waals surface area contributed by atoms with Gasteiger partial charge in [0.2, 0.25) is 10.0 Å². The molecule has 0 radical (unpaired) electrons. The summed E-state index contributed by atoms with van der Waals surface area (Å²) in [4.78, 5) is 0.0999. The summed E-state index contributed by atoms with van der Waals surface area (Å²) in [7, 11) is -3.64. The second kappa shape index (κ2) is 6.22. The number of halogens is 1. The lowest BCUT2D eigenvalue weighted by molar-refractivity contribution is 0.0465. The van der Waals surface area contributed by atoms with Gasteiger partial charge in [-0.2, -0.15) is 4.31 Å². The molecular formula is C14H21ClN2O3S. The molecule has 1 aliphatic rings. The molecule has 21 heavy (non-hydrogen) atoms. The Morgan fingerprint density at radius 1 is 1.38 bits per heavy atom. The predicted octanol–water partition coefficient (Wildman–Crippen LogP) is 1.72. The fourth-order valence-corrected chi connectivity index (χ4v) is 4.52. The Kier molecular flexibility index (Phi) is 4.95. The monoisotopic (exact) mass is 332 g/mol. The van der Waals surface area contributed by atoms with Gasteiger partial charge in [-0.25, -0.2) is 8.42 Å². The van der Waals surface area contributed by atoms with Crippen LogP contribution in [0, 0.1) is 0 Å². The third kappa shape index (κ3) is 3.76. The maximum absolute atomic E-state index is 12.7. The van der Waals surface area contributed by atoms with Crippen LogP contribution in [0.4, 0.5) is 0 Å². The Morgan fingerprint density at radius 2 is 2.10 bits per heavy atom. The van der Waals surface area contributed by atoms with Crippen LogP contribution in [0.5, 0.6) is 0 Å². The molecule has 1 aromatic carbocycles. The van der Waals surface area contributed by atoms with Crippen molar-refractivity contribution in [2.24, 2.45) is 5.73 Å². The van der Waals surface area contributed by atoms with Gasteiger partial charge in [-0.15, -0.1) is 0 Å². The van der Waals surface area contributed by atoms with Crippen molar-refractivity contribution >= 4 is 21.6 Å². The van der Waals surface area contributed by atoms with E-state index in [-0.39, 0.29) is 9.92 Å². The SMILES string of the molecule is CC1(O)CCCN(S(=O)(=O)c2ccc(CN)cc2Cl)CC1. The number of rotatable bonds is 3. The van der Waals surface area contributed by atoms with Gasteiger partial charge in [0.15, 0.2) is 0 Å². The molecule has 7 heteroatoms. The number of benzene rings is 1. The molecule has 1 heterocycles. The fourth-order valence-electron chi connectivity index (χ4n) is 2.50. The summed E-state index contributed by atoms with van der Waals surface area (Å²) in [5.74, 6) is 0. The Balaban J connectivity index is 2.29. The molecular weight excluding hydrogens is 312 g/mol. The fraction of sp³-hybridized carbons (Fsp3) is 0.571. The van der Waals surface area contributed by atoms with Crippen LogP contribution in [0.2, 0.25) is 5.02 Å². The van der Waals surface area contributed by atoms with E-state index in [0.717, 1.165) is 5.56 Å². The maximum atomic E-state index is 12.7. The molecule has 118 valence electrons. The Bertz CT molecular complexity index is 617. The molecule has 3 N–H and O–H groups in total. The summed E-state index contributed by atoms with van der Waals surface area (Å²) in [5, 5.41) is 10.3. The van der Waals surface area contributed by atoms with Gasteiger partial charge in [-0.3, -0.25) is 0 Å². The highest BCUT2D eigenvalue weighted by molar-refractivity contribution is 7.89. The number of hydrogen-bond acceptors (Lipinski definition) is 4. The van der Waals surface area contributed by atoms with E-state index < -0.39 is 15.6 Å². The van der Waals surface area contributed by atoms with Crippen molar-refractivity contribution in [3.05, 3.63) is 28.8 Å². The minimum absolute atomic E-state index is 0.0999. The van der Waals surface area contributed by atoms with Gasteiger partial charge >= 0.3 is 0 Å². The molecule has 0 aromatic heterocycles. The van der Waals surface area contributed by atoms with Gasteiger partial charge in [0.05, 0.1) is 10.6 Å². The molecule has 0 aliphatic carbocycles. The quantitative estimate of drug-likeness (QED) is 0.882. The van der Waals surface area contributed by atoms with Crippen molar-refractivity contribution in [1.29, 1.82) is 0 Å². The van der Waals surface area contributed by atoms with Crippen LogP contribution < -0.4 is 5.73 Å². The van der Waals surface area contributed by atoms with E-state index in [4.69, 9.17) is 17.3 Å². The Labute approximate surface area is 130 Å². The molecule has 1 saturated heterocycles. The van der Waals surface area contributed by atoms with E-state index in [1.807, 2.05) is 0 Å². The summed E-state index contributed by atoms with van der Waals surface area (Å²) in [6.07, 6.45) is 1.65. The number of nitrogens with two attached hydrogens (primary N) is 1. The smallest absolute Gasteiger partial charge is 0.244 e. The molecule has 2 rings (SSSR count). The van der Waals surface area contributed by atoms with Crippen molar-refractivity contribution in [2.45, 2.75) is 43.2 Å². The van der Waals surface area contributed by atoms with Gasteiger partial charge in [-0.1, -0.05) is 17.7 Å². The zero-order valence-electron chi connectivity index (χ0n) is 12.0. The lowest BCUT2D eigenvalue weighted by Gasteiger charge is -2.22. The van der Waals surface area contributed by atoms with Crippen molar-refractivity contribution in [3.8, 4) is 0 Å². The highest BCUT2D eigenvalue weighted by atomic mass is 35.5. The van der Waals surface area contributed by atoms with E-state index in [0.29, 0.717) is 38.9 Å². The summed E-state index contributed by atoms with van der Waals surface area (Å²) in [6.45, 7) is 2.75. The molecule has 1 fully saturated rings. The van der Waals surface area contributed by atoms with Crippen molar-refractivity contribution in [3.63, 3.8) is 0 Å². The molecule has 0 amide bonds. The highest BCUT2D eigenvalue weighted by Crippen LogP contribution is 2.29. The van der Waals surface area contributed by atoms with Crippen LogP contribution in [0.3, 0.4) is 0 Å². The van der Waals surface area contributed by atoms with E-state index in [1.54, 1.807) is 19.1 Å². The molecule has 0 spiro atoms. The molecule has 0 bridgehead atoms. The molecule has 1 aromatic rings. The van der Waals surface area contributed by atoms with Crippen LogP contribution in [-0.2, 0) is 16.6 Å². The average Bonchev–Trinajstić information content (AvgIpc) is 2.59. The third-order valence-corrected chi connectivity index (χ3v) is 6.25. The van der Waals surface area contributed by atoms with Crippen molar-refractivity contribution in [1.82, 2.24) is 4.31 Å². The zero-order valence-corrected chi connectivity index (χ0v) is 13.6. The lowest BCUT2D eigenvalue weighted by atomic mass is 9.98. The first-order valence-corrected chi connectivity index (χ1v) is 8.79. The van der Waals surface area contributed by atoms with Gasteiger partial charge in [0.1, 0.15) is 4.90 Å². The second-order valence-corrected chi connectivity index (χ2v) is 8.04. The Morgan fingerprint density at radius 3 is 2.71 bits per heavy atom. The topological polar surface area (TPSA) is 83.6 Å². The lowest BCUT2D eigenvalue weighted by Crippen LogP contribution is -2.33. The third-order valence-electron chi connectivity index (χ3n) is 3.87. The van der Waals surface area contributed by atoms with Gasteiger partial charge in [0.25, 0.3) is 0 Å². The molecule has 1 unspecified atom stereocenters. The first kappa shape index (κ1) is 16.7. The van der Waals surface area contributed by atoms with Crippen molar-refractivity contribution < 1.29 is 13.5 Å². The minimum atomic E-state index is -3.64. The van der Waals surface area contributed by atoms with Crippen LogP contribution in [0.15, 0.2) is 23.1 Å². The average molecular weight is 333 g/mol. The Hall–Kier alpha value is -0.660. The molecule has 0 saturated carbocycles. The molecule has 1 atom stereocenters. The standard InChI is InChI=1S/C14H21ClN2O3S/c1-14(18)5-2-7-17(8-6-14)21(19,20)13-4-3-11(10-16)9-12(13)15/h3-4,9,18H,2,5-8,10,16H2,1H3. The van der Waals surface area contributed by atoms with E-state index in [1.165, 1.54) is 10.4 Å². The van der Waals surface area contributed by atoms with E-state index in [9.17, 15) is 13.5 Å². The van der Waals surface area contributed by atoms with Crippen LogP contribution in [-0.4, -0.2) is 36.5 Å². The first-order valence-electron chi connectivity index (χ1n) is 6.97. The van der Waals surface area contributed by atoms with Crippen molar-refractivity contribution in [2.75, 3.05) is 13.1 Å². The predicted molar refractivity (Wildman–Crippen MR) is 82.6 cm³/mol. The van der Waals surface area contributed by atoms with E-state index in [2.05, 4.69) is 0 Å². The summed E-state index contributed by atoms with van der Waals surface area (Å²) >= 11 is 6.10. The van der Waals surface area contributed by atoms with E-state index >= 15 is 0 Å². The maximum Gasteiger partial charge on any atom is 0.244 e. The number of nitrogens with zero attached hydrogens (tertiary/aromatic N) is 1. The van der Waals surface area contributed by atoms with Crippen LogP contribution in [0.25, 0.3) is 0 Å². The molecule has 1 aliphatic heterocycles. The summed E-state index contributed by atoms with van der Waals surface area (Å²) in [6, 6.07) is 4.76. The minimum Gasteiger partial charge on any atom is -0.390 e. The highest BCUT2D eigenvalue weighted by Gasteiger charge is 2.32. The van der Waals surface area contributed by atoms with Gasteiger partial charge < -0.3 is 10.8 Å². The normalized spacial score (nSPS) is 24.8. The van der Waals surface area contributed by atoms with Crippen LogP contribution >= 0.6 is 11.6 Å². The van der Waals surface area contributed by atoms with Gasteiger partial charge in [-0.05, 0) is 43.9 Å². The number of aliphatic hydroxyl groups is 1. The summed E-state index contributed by atoms with van der Waals surface area (Å²) in [5.41, 5.74) is 5.51. The van der Waals surface area contributed by atoms with Gasteiger partial charge in [0, 0.05) is 19.6 Å². The zero-order chi connectivity index (χ0) is 15.7. The number of hydrogen-bond donors (Lipinski definition) is 2. The number of sulfonamides is 1. The largest absolute Gasteiger partial charge is 0.390 e. The first-order chi connectivity index (χ1) is 9.76. The van der Waals surface area contributed by atoms with Crippen LogP contribution in [0.1, 0.15) is 31.7 Å². The molecule has 5 nitrogen and oxygen atoms in total.